The van der Waals surface area contributed by atoms with Gasteiger partial charge < -0.3 is 14.6 Å². The quantitative estimate of drug-likeness (QED) is 0.244. The summed E-state index contributed by atoms with van der Waals surface area (Å²) in [5, 5.41) is 11.2. The van der Waals surface area contributed by atoms with Crippen LogP contribution in [0.3, 0.4) is 0 Å². The van der Waals surface area contributed by atoms with Gasteiger partial charge in [-0.25, -0.2) is 14.8 Å². The highest BCUT2D eigenvalue weighted by molar-refractivity contribution is 6.03. The molecule has 7 nitrogen and oxygen atoms in total. The van der Waals surface area contributed by atoms with Gasteiger partial charge in [-0.2, -0.15) is 0 Å². The van der Waals surface area contributed by atoms with Crippen molar-refractivity contribution < 1.29 is 24.2 Å². The molecule has 176 valence electrons. The smallest absolute Gasteiger partial charge is 0.340 e. The van der Waals surface area contributed by atoms with E-state index in [1.807, 2.05) is 0 Å². The highest BCUT2D eigenvalue weighted by Gasteiger charge is 2.30. The van der Waals surface area contributed by atoms with E-state index in [0.717, 1.165) is 19.3 Å². The Morgan fingerprint density at radius 2 is 1.52 bits per heavy atom. The third-order valence-electron chi connectivity index (χ3n) is 6.00. The third-order valence-corrected chi connectivity index (χ3v) is 6.00. The Hall–Kier alpha value is -3.06. The monoisotopic (exact) mass is 452 g/mol. The maximum absolute atomic E-state index is 12.5. The Kier molecular flexibility index (Phi) is 8.72. The first-order valence-electron chi connectivity index (χ1n) is 11.5. The first-order valence-corrected chi connectivity index (χ1v) is 11.5. The summed E-state index contributed by atoms with van der Waals surface area (Å²) in [5.41, 5.74) is 2.81. The van der Waals surface area contributed by atoms with Gasteiger partial charge in [0.1, 0.15) is 5.52 Å². The van der Waals surface area contributed by atoms with E-state index in [9.17, 15) is 14.7 Å². The van der Waals surface area contributed by atoms with Crippen LogP contribution in [0.2, 0.25) is 0 Å². The van der Waals surface area contributed by atoms with Crippen molar-refractivity contribution in [2.75, 3.05) is 14.2 Å². The normalized spacial score (nSPS) is 13.1. The third kappa shape index (κ3) is 5.66. The fourth-order valence-corrected chi connectivity index (χ4v) is 4.17. The van der Waals surface area contributed by atoms with Gasteiger partial charge in [-0.3, -0.25) is 4.79 Å². The molecule has 1 N–H and O–H groups in total. The van der Waals surface area contributed by atoms with Crippen LogP contribution in [-0.4, -0.2) is 41.2 Å². The summed E-state index contributed by atoms with van der Waals surface area (Å²) < 4.78 is 9.86. The number of para-hydroxylation sites is 2. The number of carbonyl (C=O) groups is 2. The molecule has 0 aliphatic heterocycles. The van der Waals surface area contributed by atoms with E-state index >= 15 is 0 Å². The average molecular weight is 453 g/mol. The van der Waals surface area contributed by atoms with Crippen molar-refractivity contribution in [2.24, 2.45) is 5.92 Å². The van der Waals surface area contributed by atoms with Crippen LogP contribution >= 0.6 is 0 Å². The lowest BCUT2D eigenvalue weighted by Crippen LogP contribution is -2.24. The minimum atomic E-state index is -1.08. The number of rotatable bonds is 11. The first-order chi connectivity index (χ1) is 16.0. The lowest BCUT2D eigenvalue weighted by Gasteiger charge is -2.22. The van der Waals surface area contributed by atoms with Crippen LogP contribution in [0, 0.1) is 5.92 Å². The van der Waals surface area contributed by atoms with Gasteiger partial charge in [-0.15, -0.1) is 0 Å². The van der Waals surface area contributed by atoms with Crippen LogP contribution in [0.15, 0.2) is 36.4 Å². The number of aromatic nitrogens is 2. The number of carbonyl (C=O) groups excluding carboxylic acids is 2. The van der Waals surface area contributed by atoms with Crippen molar-refractivity contribution in [3.05, 3.63) is 47.5 Å². The molecule has 2 atom stereocenters. The van der Waals surface area contributed by atoms with E-state index in [1.165, 1.54) is 33.5 Å². The van der Waals surface area contributed by atoms with E-state index in [0.29, 0.717) is 39.6 Å². The number of esters is 2. The number of hydrogen-bond acceptors (Lipinski definition) is 7. The molecule has 0 radical (unpaired) electrons. The summed E-state index contributed by atoms with van der Waals surface area (Å²) in [6, 6.07) is 10.4. The molecule has 0 spiro atoms. The lowest BCUT2D eigenvalue weighted by molar-refractivity contribution is -0.150. The molecule has 0 fully saturated rings. The van der Waals surface area contributed by atoms with Crippen molar-refractivity contribution in [2.45, 2.75) is 58.0 Å². The Labute approximate surface area is 194 Å². The molecule has 33 heavy (non-hydrogen) atoms. The summed E-state index contributed by atoms with van der Waals surface area (Å²) >= 11 is 0. The van der Waals surface area contributed by atoms with E-state index in [4.69, 9.17) is 14.5 Å². The number of hydrogen-bond donors (Lipinski definition) is 1. The van der Waals surface area contributed by atoms with Crippen LogP contribution in [0.25, 0.3) is 22.1 Å². The number of benzene rings is 2. The summed E-state index contributed by atoms with van der Waals surface area (Å²) in [5.74, 6) is -1.62. The summed E-state index contributed by atoms with van der Waals surface area (Å²) in [6.45, 7) is 2.18. The predicted octanol–water partition coefficient (Wildman–Crippen LogP) is 5.14. The minimum Gasteiger partial charge on any atom is -0.469 e. The lowest BCUT2D eigenvalue weighted by atomic mass is 9.89. The predicted molar refractivity (Wildman–Crippen MR) is 127 cm³/mol. The zero-order chi connectivity index (χ0) is 23.8. The second kappa shape index (κ2) is 11.7. The van der Waals surface area contributed by atoms with Crippen molar-refractivity contribution in [1.29, 1.82) is 0 Å². The van der Waals surface area contributed by atoms with Gasteiger partial charge in [0.15, 0.2) is 0 Å². The van der Waals surface area contributed by atoms with Crippen LogP contribution < -0.4 is 0 Å². The molecule has 0 saturated heterocycles. The zero-order valence-corrected chi connectivity index (χ0v) is 19.5. The molecule has 2 unspecified atom stereocenters. The fourth-order valence-electron chi connectivity index (χ4n) is 4.17. The highest BCUT2D eigenvalue weighted by atomic mass is 16.5. The van der Waals surface area contributed by atoms with Crippen molar-refractivity contribution >= 4 is 34.0 Å². The Balaban J connectivity index is 1.94. The Bertz CT molecular complexity index is 1110. The maximum atomic E-state index is 12.5. The average Bonchev–Trinajstić information content (AvgIpc) is 2.85. The number of ether oxygens (including phenoxy) is 2. The Morgan fingerprint density at radius 3 is 2.21 bits per heavy atom. The van der Waals surface area contributed by atoms with Crippen LogP contribution in [-0.2, 0) is 14.3 Å². The van der Waals surface area contributed by atoms with Crippen LogP contribution in [0.4, 0.5) is 0 Å². The number of fused-ring (bicyclic) bond motifs is 2. The molecule has 7 heteroatoms. The fraction of sp³-hybridized carbons (Fsp3) is 0.462. The van der Waals surface area contributed by atoms with E-state index < -0.39 is 24.0 Å². The molecule has 1 heterocycles. The van der Waals surface area contributed by atoms with E-state index in [1.54, 1.807) is 36.4 Å². The molecule has 2 aromatic carbocycles. The van der Waals surface area contributed by atoms with Gasteiger partial charge in [0.25, 0.3) is 0 Å². The highest BCUT2D eigenvalue weighted by Crippen LogP contribution is 2.32. The molecular formula is C26H32N2O5. The van der Waals surface area contributed by atoms with Gasteiger partial charge in [0.2, 0.25) is 0 Å². The van der Waals surface area contributed by atoms with Gasteiger partial charge in [-0.1, -0.05) is 63.6 Å². The molecule has 3 aromatic rings. The number of aliphatic hydroxyl groups excluding tert-OH is 1. The van der Waals surface area contributed by atoms with Crippen LogP contribution in [0.1, 0.15) is 73.9 Å². The van der Waals surface area contributed by atoms with Gasteiger partial charge in [0.05, 0.1) is 48.4 Å². The summed E-state index contributed by atoms with van der Waals surface area (Å²) in [7, 11) is 2.66. The van der Waals surface area contributed by atoms with E-state index in [-0.39, 0.29) is 0 Å². The number of nitrogens with zero attached hydrogens (tertiary/aromatic N) is 2. The SMILES string of the molecule is CCCCCCCCC(C(=O)OC)C(O)c1cccc2nc3c(C(=O)OC)cccc3nc12. The molecule has 0 bridgehead atoms. The maximum Gasteiger partial charge on any atom is 0.340 e. The largest absolute Gasteiger partial charge is 0.469 e. The van der Waals surface area contributed by atoms with E-state index in [2.05, 4.69) is 11.9 Å². The Morgan fingerprint density at radius 1 is 0.879 bits per heavy atom. The van der Waals surface area contributed by atoms with Crippen molar-refractivity contribution in [3.8, 4) is 0 Å². The molecule has 1 aromatic heterocycles. The second-order valence-electron chi connectivity index (χ2n) is 8.23. The molecule has 0 saturated carbocycles. The first kappa shape index (κ1) is 24.6. The van der Waals surface area contributed by atoms with Crippen LogP contribution in [0.5, 0.6) is 0 Å². The number of unbranched alkanes of at least 4 members (excludes halogenated alkanes) is 5. The van der Waals surface area contributed by atoms with Crippen molar-refractivity contribution in [3.63, 3.8) is 0 Å². The summed E-state index contributed by atoms with van der Waals surface area (Å²) in [6.07, 6.45) is 5.99. The molecule has 0 aliphatic rings. The van der Waals surface area contributed by atoms with Gasteiger partial charge in [0, 0.05) is 5.56 Å². The molecule has 0 amide bonds. The molecule has 0 aliphatic carbocycles. The second-order valence-corrected chi connectivity index (χ2v) is 8.23. The zero-order valence-electron chi connectivity index (χ0n) is 19.5. The minimum absolute atomic E-state index is 0.325. The standard InChI is InChI=1S/C26H32N2O5/c1-4-5-6-7-8-9-12-19(26(31)33-3)24(29)17-13-10-15-20-22(17)27-21-16-11-14-18(23(21)28-20)25(30)32-2/h10-11,13-16,19,24,29H,4-9,12H2,1-3H3. The van der Waals surface area contributed by atoms with Crippen molar-refractivity contribution in [1.82, 2.24) is 9.97 Å². The summed E-state index contributed by atoms with van der Waals surface area (Å²) in [4.78, 5) is 34.0. The van der Waals surface area contributed by atoms with Gasteiger partial charge in [-0.05, 0) is 24.6 Å². The topological polar surface area (TPSA) is 98.6 Å². The number of aliphatic hydroxyl groups is 1. The number of methoxy groups -OCH3 is 2. The molecular weight excluding hydrogens is 420 g/mol. The van der Waals surface area contributed by atoms with Gasteiger partial charge >= 0.3 is 11.9 Å². The molecule has 3 rings (SSSR count).